The summed E-state index contributed by atoms with van der Waals surface area (Å²) in [5, 5.41) is 9.35. The highest BCUT2D eigenvalue weighted by Gasteiger charge is 2.19. The zero-order chi connectivity index (χ0) is 15.6. The van der Waals surface area contributed by atoms with Crippen LogP contribution in [0.1, 0.15) is 18.5 Å². The number of aromatic hydroxyl groups is 1. The first-order valence-corrected chi connectivity index (χ1v) is 8.43. The quantitative estimate of drug-likeness (QED) is 0.569. The minimum atomic E-state index is -3.71. The van der Waals surface area contributed by atoms with Crippen molar-refractivity contribution in [3.63, 3.8) is 0 Å². The Kier molecular flexibility index (Phi) is 4.55. The van der Waals surface area contributed by atoms with Crippen LogP contribution < -0.4 is 10.5 Å². The molecule has 0 spiro atoms. The van der Waals surface area contributed by atoms with Gasteiger partial charge in [-0.3, -0.25) is 0 Å². The van der Waals surface area contributed by atoms with Crippen molar-refractivity contribution in [3.05, 3.63) is 52.5 Å². The first-order chi connectivity index (χ1) is 9.79. The summed E-state index contributed by atoms with van der Waals surface area (Å²) in [6.45, 7) is 1.75. The fourth-order valence-corrected chi connectivity index (χ4v) is 3.35. The van der Waals surface area contributed by atoms with Crippen LogP contribution in [0.25, 0.3) is 0 Å². The average Bonchev–Trinajstić information content (AvgIpc) is 2.42. The first kappa shape index (κ1) is 15.8. The Bertz CT molecular complexity index is 745. The molecule has 0 saturated heterocycles. The highest BCUT2D eigenvalue weighted by atomic mass is 79.9. The van der Waals surface area contributed by atoms with Crippen LogP contribution in [0.15, 0.2) is 51.8 Å². The maximum absolute atomic E-state index is 12.3. The lowest BCUT2D eigenvalue weighted by atomic mass is 10.1. The van der Waals surface area contributed by atoms with Crippen molar-refractivity contribution in [1.29, 1.82) is 0 Å². The molecule has 0 aromatic heterocycles. The van der Waals surface area contributed by atoms with E-state index in [4.69, 9.17) is 5.73 Å². The third-order valence-electron chi connectivity index (χ3n) is 3.01. The number of nitrogens with two attached hydrogens (primary N) is 1. The first-order valence-electron chi connectivity index (χ1n) is 6.16. The Morgan fingerprint density at radius 2 is 1.81 bits per heavy atom. The van der Waals surface area contributed by atoms with E-state index in [0.29, 0.717) is 0 Å². The van der Waals surface area contributed by atoms with E-state index in [2.05, 4.69) is 20.7 Å². The third-order valence-corrected chi connectivity index (χ3v) is 5.08. The van der Waals surface area contributed by atoms with Crippen LogP contribution in [0.2, 0.25) is 0 Å². The largest absolute Gasteiger partial charge is 0.506 e. The lowest BCUT2D eigenvalue weighted by Crippen LogP contribution is -2.26. The molecule has 2 rings (SSSR count). The summed E-state index contributed by atoms with van der Waals surface area (Å²) in [4.78, 5) is 0.0155. The van der Waals surface area contributed by atoms with E-state index in [0.717, 1.165) is 10.0 Å². The molecular weight excluding hydrogens is 356 g/mol. The van der Waals surface area contributed by atoms with E-state index in [1.54, 1.807) is 6.92 Å². The molecule has 2 aromatic rings. The summed E-state index contributed by atoms with van der Waals surface area (Å²) >= 11 is 3.33. The number of sulfonamides is 1. The van der Waals surface area contributed by atoms with Gasteiger partial charge in [0, 0.05) is 10.5 Å². The molecule has 0 bridgehead atoms. The van der Waals surface area contributed by atoms with Crippen LogP contribution in [0, 0.1) is 0 Å². The van der Waals surface area contributed by atoms with Gasteiger partial charge in [0.15, 0.2) is 0 Å². The van der Waals surface area contributed by atoms with Crippen molar-refractivity contribution in [1.82, 2.24) is 4.72 Å². The van der Waals surface area contributed by atoms with Crippen LogP contribution in [-0.2, 0) is 10.0 Å². The van der Waals surface area contributed by atoms with Gasteiger partial charge in [0.1, 0.15) is 5.75 Å². The van der Waals surface area contributed by atoms with Crippen molar-refractivity contribution in [3.8, 4) is 5.75 Å². The van der Waals surface area contributed by atoms with Crippen molar-refractivity contribution >= 4 is 31.6 Å². The fourth-order valence-electron chi connectivity index (χ4n) is 1.82. The predicted octanol–water partition coefficient (Wildman–Crippen LogP) is 2.78. The summed E-state index contributed by atoms with van der Waals surface area (Å²) in [5.41, 5.74) is 6.39. The zero-order valence-electron chi connectivity index (χ0n) is 11.2. The second kappa shape index (κ2) is 6.05. The van der Waals surface area contributed by atoms with Gasteiger partial charge in [0.25, 0.3) is 0 Å². The molecule has 0 amide bonds. The Labute approximate surface area is 132 Å². The Morgan fingerprint density at radius 1 is 1.19 bits per heavy atom. The third kappa shape index (κ3) is 3.75. The molecule has 0 radical (unpaired) electrons. The van der Waals surface area contributed by atoms with Crippen LogP contribution in [0.4, 0.5) is 5.69 Å². The minimum Gasteiger partial charge on any atom is -0.506 e. The van der Waals surface area contributed by atoms with Gasteiger partial charge in [0.05, 0.1) is 10.6 Å². The predicted molar refractivity (Wildman–Crippen MR) is 85.4 cm³/mol. The summed E-state index contributed by atoms with van der Waals surface area (Å²) < 4.78 is 28.1. The summed E-state index contributed by atoms with van der Waals surface area (Å²) in [5.74, 6) is -0.144. The Hall–Kier alpha value is -1.57. The molecule has 4 N–H and O–H groups in total. The maximum atomic E-state index is 12.3. The Balaban J connectivity index is 2.24. The van der Waals surface area contributed by atoms with Crippen molar-refractivity contribution in [2.45, 2.75) is 17.9 Å². The standard InChI is InChI=1S/C14H15BrN2O3S/c1-9(10-2-4-11(15)5-3-10)17-21(19,20)12-6-7-14(18)13(16)8-12/h2-9,17-18H,16H2,1H3/t9-/m1/s1. The summed E-state index contributed by atoms with van der Waals surface area (Å²) in [6, 6.07) is 10.8. The molecule has 1 atom stereocenters. The molecule has 0 aliphatic carbocycles. The number of anilines is 1. The monoisotopic (exact) mass is 370 g/mol. The number of benzene rings is 2. The number of hydrogen-bond acceptors (Lipinski definition) is 4. The molecule has 0 aliphatic heterocycles. The topological polar surface area (TPSA) is 92.4 Å². The van der Waals surface area contributed by atoms with Gasteiger partial charge in [-0.05, 0) is 42.8 Å². The molecule has 0 saturated carbocycles. The van der Waals surface area contributed by atoms with Crippen molar-refractivity contribution in [2.75, 3.05) is 5.73 Å². The van der Waals surface area contributed by atoms with Gasteiger partial charge >= 0.3 is 0 Å². The van der Waals surface area contributed by atoms with E-state index in [9.17, 15) is 13.5 Å². The summed E-state index contributed by atoms with van der Waals surface area (Å²) in [7, 11) is -3.71. The number of nitrogen functional groups attached to an aromatic ring is 1. The van der Waals surface area contributed by atoms with Gasteiger partial charge in [-0.1, -0.05) is 28.1 Å². The lowest BCUT2D eigenvalue weighted by Gasteiger charge is -2.15. The molecule has 112 valence electrons. The molecule has 0 heterocycles. The minimum absolute atomic E-state index is 0.0155. The molecule has 5 nitrogen and oxygen atoms in total. The van der Waals surface area contributed by atoms with E-state index >= 15 is 0 Å². The molecule has 21 heavy (non-hydrogen) atoms. The smallest absolute Gasteiger partial charge is 0.241 e. The number of hydrogen-bond donors (Lipinski definition) is 3. The van der Waals surface area contributed by atoms with Gasteiger partial charge in [0.2, 0.25) is 10.0 Å². The number of halogens is 1. The number of phenolic OH excluding ortho intramolecular Hbond substituents is 1. The van der Waals surface area contributed by atoms with E-state index < -0.39 is 16.1 Å². The second-order valence-electron chi connectivity index (χ2n) is 4.62. The van der Waals surface area contributed by atoms with E-state index in [1.165, 1.54) is 18.2 Å². The van der Waals surface area contributed by atoms with Crippen LogP contribution in [0.3, 0.4) is 0 Å². The average molecular weight is 371 g/mol. The van der Waals surface area contributed by atoms with E-state index in [1.807, 2.05) is 24.3 Å². The second-order valence-corrected chi connectivity index (χ2v) is 7.24. The number of nitrogens with one attached hydrogen (secondary N) is 1. The van der Waals surface area contributed by atoms with Crippen molar-refractivity contribution < 1.29 is 13.5 Å². The molecule has 0 unspecified atom stereocenters. The van der Waals surface area contributed by atoms with Gasteiger partial charge in [-0.15, -0.1) is 0 Å². The van der Waals surface area contributed by atoms with E-state index in [-0.39, 0.29) is 16.3 Å². The highest BCUT2D eigenvalue weighted by molar-refractivity contribution is 9.10. The molecule has 0 fully saturated rings. The lowest BCUT2D eigenvalue weighted by molar-refractivity contribution is 0.477. The highest BCUT2D eigenvalue weighted by Crippen LogP contribution is 2.24. The molecule has 0 aliphatic rings. The Morgan fingerprint density at radius 3 is 2.38 bits per heavy atom. The maximum Gasteiger partial charge on any atom is 0.241 e. The fraction of sp³-hybridized carbons (Fsp3) is 0.143. The molecule has 7 heteroatoms. The zero-order valence-corrected chi connectivity index (χ0v) is 13.6. The van der Waals surface area contributed by atoms with Gasteiger partial charge in [-0.25, -0.2) is 13.1 Å². The van der Waals surface area contributed by atoms with Crippen LogP contribution >= 0.6 is 15.9 Å². The molecule has 2 aromatic carbocycles. The SMILES string of the molecule is C[C@@H](NS(=O)(=O)c1ccc(O)c(N)c1)c1ccc(Br)cc1. The number of rotatable bonds is 4. The van der Waals surface area contributed by atoms with Gasteiger partial charge < -0.3 is 10.8 Å². The van der Waals surface area contributed by atoms with Gasteiger partial charge in [-0.2, -0.15) is 0 Å². The number of phenols is 1. The molecular formula is C14H15BrN2O3S. The van der Waals surface area contributed by atoms with Crippen LogP contribution in [-0.4, -0.2) is 13.5 Å². The normalized spacial score (nSPS) is 13.0. The summed E-state index contributed by atoms with van der Waals surface area (Å²) in [6.07, 6.45) is 0. The van der Waals surface area contributed by atoms with Crippen molar-refractivity contribution in [2.24, 2.45) is 0 Å². The van der Waals surface area contributed by atoms with Crippen LogP contribution in [0.5, 0.6) is 5.75 Å².